The standard InChI is InChI=1S/C17H21NO3/c19-15(18-11-17(8-9-17)16(20)21)10-13-6-3-5-12-4-1-2-7-14(12)13/h1-2,4,7,13H,3,5-6,8-11H2,(H,18,19)(H,20,21). The zero-order chi connectivity index (χ0) is 14.9. The van der Waals surface area contributed by atoms with E-state index >= 15 is 0 Å². The van der Waals surface area contributed by atoms with Crippen molar-refractivity contribution in [1.29, 1.82) is 0 Å². The minimum absolute atomic E-state index is 0.0239. The summed E-state index contributed by atoms with van der Waals surface area (Å²) < 4.78 is 0. The molecule has 0 heterocycles. The molecule has 0 aromatic heterocycles. The van der Waals surface area contributed by atoms with Gasteiger partial charge in [-0.2, -0.15) is 0 Å². The van der Waals surface area contributed by atoms with E-state index in [0.29, 0.717) is 19.3 Å². The van der Waals surface area contributed by atoms with E-state index in [9.17, 15) is 9.59 Å². The second kappa shape index (κ2) is 5.51. The first-order valence-electron chi connectivity index (χ1n) is 7.69. The molecule has 2 aliphatic carbocycles. The highest BCUT2D eigenvalue weighted by Crippen LogP contribution is 2.45. The van der Waals surface area contributed by atoms with E-state index in [-0.39, 0.29) is 18.4 Å². The van der Waals surface area contributed by atoms with Gasteiger partial charge >= 0.3 is 5.97 Å². The Morgan fingerprint density at radius 3 is 2.76 bits per heavy atom. The Morgan fingerprint density at radius 2 is 2.05 bits per heavy atom. The number of aryl methyl sites for hydroxylation is 1. The van der Waals surface area contributed by atoms with Crippen molar-refractivity contribution in [1.82, 2.24) is 5.32 Å². The molecule has 3 rings (SSSR count). The number of carbonyl (C=O) groups is 2. The van der Waals surface area contributed by atoms with Gasteiger partial charge in [0.1, 0.15) is 0 Å². The quantitative estimate of drug-likeness (QED) is 0.874. The van der Waals surface area contributed by atoms with Crippen LogP contribution in [0, 0.1) is 5.41 Å². The summed E-state index contributed by atoms with van der Waals surface area (Å²) in [5, 5.41) is 11.9. The third-order valence-electron chi connectivity index (χ3n) is 4.86. The molecule has 1 aromatic carbocycles. The number of amides is 1. The van der Waals surface area contributed by atoms with Crippen LogP contribution < -0.4 is 5.32 Å². The molecule has 0 aliphatic heterocycles. The number of nitrogens with one attached hydrogen (secondary N) is 1. The smallest absolute Gasteiger partial charge is 0.311 e. The van der Waals surface area contributed by atoms with Gasteiger partial charge in [-0.3, -0.25) is 9.59 Å². The van der Waals surface area contributed by atoms with Crippen molar-refractivity contribution in [3.05, 3.63) is 35.4 Å². The molecule has 1 fully saturated rings. The van der Waals surface area contributed by atoms with Crippen molar-refractivity contribution in [3.63, 3.8) is 0 Å². The maximum Gasteiger partial charge on any atom is 0.311 e. The van der Waals surface area contributed by atoms with Crippen LogP contribution in [0.5, 0.6) is 0 Å². The fourth-order valence-electron chi connectivity index (χ4n) is 3.25. The van der Waals surface area contributed by atoms with Gasteiger partial charge in [-0.1, -0.05) is 24.3 Å². The number of hydrogen-bond acceptors (Lipinski definition) is 2. The van der Waals surface area contributed by atoms with E-state index in [0.717, 1.165) is 19.3 Å². The van der Waals surface area contributed by atoms with Crippen molar-refractivity contribution < 1.29 is 14.7 Å². The van der Waals surface area contributed by atoms with Crippen molar-refractivity contribution in [2.75, 3.05) is 6.54 Å². The van der Waals surface area contributed by atoms with E-state index in [1.54, 1.807) is 0 Å². The summed E-state index contributed by atoms with van der Waals surface area (Å²) in [4.78, 5) is 23.2. The van der Waals surface area contributed by atoms with Gasteiger partial charge < -0.3 is 10.4 Å². The zero-order valence-electron chi connectivity index (χ0n) is 12.1. The lowest BCUT2D eigenvalue weighted by Crippen LogP contribution is -2.35. The number of hydrogen-bond donors (Lipinski definition) is 2. The van der Waals surface area contributed by atoms with Crippen LogP contribution in [0.15, 0.2) is 24.3 Å². The van der Waals surface area contributed by atoms with Crippen molar-refractivity contribution in [2.24, 2.45) is 5.41 Å². The van der Waals surface area contributed by atoms with Crippen molar-refractivity contribution >= 4 is 11.9 Å². The molecule has 0 saturated heterocycles. The summed E-state index contributed by atoms with van der Waals surface area (Å²) in [7, 11) is 0. The highest BCUT2D eigenvalue weighted by molar-refractivity contribution is 5.81. The predicted octanol–water partition coefficient (Wildman–Crippen LogP) is 2.48. The molecule has 1 amide bonds. The van der Waals surface area contributed by atoms with Gasteiger partial charge in [-0.05, 0) is 49.1 Å². The lowest BCUT2D eigenvalue weighted by Gasteiger charge is -2.25. The lowest BCUT2D eigenvalue weighted by molar-refractivity contribution is -0.143. The Hall–Kier alpha value is -1.84. The van der Waals surface area contributed by atoms with Gasteiger partial charge in [0.15, 0.2) is 0 Å². The Bertz CT molecular complexity index is 563. The SMILES string of the molecule is O=C(CC1CCCc2ccccc21)NCC1(C(=O)O)CC1. The van der Waals surface area contributed by atoms with E-state index in [4.69, 9.17) is 5.11 Å². The largest absolute Gasteiger partial charge is 0.481 e. The Labute approximate surface area is 124 Å². The molecule has 0 spiro atoms. The van der Waals surface area contributed by atoms with Crippen LogP contribution >= 0.6 is 0 Å². The maximum absolute atomic E-state index is 12.1. The summed E-state index contributed by atoms with van der Waals surface area (Å²) in [5.74, 6) is -0.537. The first-order chi connectivity index (χ1) is 10.1. The fraction of sp³-hybridized carbons (Fsp3) is 0.529. The van der Waals surface area contributed by atoms with Crippen LogP contribution in [0.2, 0.25) is 0 Å². The molecule has 4 nitrogen and oxygen atoms in total. The van der Waals surface area contributed by atoms with Crippen LogP contribution in [0.4, 0.5) is 0 Å². The van der Waals surface area contributed by atoms with Gasteiger partial charge in [-0.25, -0.2) is 0 Å². The topological polar surface area (TPSA) is 66.4 Å². The second-order valence-corrected chi connectivity index (χ2v) is 6.35. The van der Waals surface area contributed by atoms with E-state index < -0.39 is 11.4 Å². The van der Waals surface area contributed by atoms with Crippen molar-refractivity contribution in [3.8, 4) is 0 Å². The molecular weight excluding hydrogens is 266 g/mol. The summed E-state index contributed by atoms with van der Waals surface area (Å²) in [6.45, 7) is 0.273. The first-order valence-corrected chi connectivity index (χ1v) is 7.69. The van der Waals surface area contributed by atoms with Gasteiger partial charge in [0.25, 0.3) is 0 Å². The molecule has 0 radical (unpaired) electrons. The van der Waals surface area contributed by atoms with Crippen LogP contribution in [0.25, 0.3) is 0 Å². The minimum atomic E-state index is -0.786. The third kappa shape index (κ3) is 2.94. The normalized spacial score (nSPS) is 22.2. The molecule has 0 bridgehead atoms. The van der Waals surface area contributed by atoms with Crippen LogP contribution in [0.3, 0.4) is 0 Å². The minimum Gasteiger partial charge on any atom is -0.481 e. The second-order valence-electron chi connectivity index (χ2n) is 6.35. The Kier molecular flexibility index (Phi) is 3.70. The maximum atomic E-state index is 12.1. The molecular formula is C17H21NO3. The fourth-order valence-corrected chi connectivity index (χ4v) is 3.25. The first kappa shape index (κ1) is 14.1. The van der Waals surface area contributed by atoms with E-state index in [1.807, 2.05) is 12.1 Å². The molecule has 1 unspecified atom stereocenters. The molecule has 2 N–H and O–H groups in total. The molecule has 21 heavy (non-hydrogen) atoms. The third-order valence-corrected chi connectivity index (χ3v) is 4.86. The summed E-state index contributed by atoms with van der Waals surface area (Å²) in [6, 6.07) is 8.33. The molecule has 112 valence electrons. The molecule has 1 saturated carbocycles. The number of benzene rings is 1. The number of carbonyl (C=O) groups excluding carboxylic acids is 1. The van der Waals surface area contributed by atoms with Gasteiger partial charge in [-0.15, -0.1) is 0 Å². The Balaban J connectivity index is 1.58. The predicted molar refractivity (Wildman–Crippen MR) is 79.1 cm³/mol. The number of fused-ring (bicyclic) bond motifs is 1. The zero-order valence-corrected chi connectivity index (χ0v) is 12.1. The molecule has 1 aromatic rings. The highest BCUT2D eigenvalue weighted by Gasteiger charge is 2.50. The summed E-state index contributed by atoms with van der Waals surface area (Å²) in [5.41, 5.74) is 1.96. The van der Waals surface area contributed by atoms with E-state index in [2.05, 4.69) is 17.4 Å². The van der Waals surface area contributed by atoms with E-state index in [1.165, 1.54) is 11.1 Å². The average molecular weight is 287 g/mol. The van der Waals surface area contributed by atoms with Crippen LogP contribution in [0.1, 0.15) is 49.1 Å². The van der Waals surface area contributed by atoms with Crippen LogP contribution in [-0.2, 0) is 16.0 Å². The molecule has 4 heteroatoms. The van der Waals surface area contributed by atoms with Crippen molar-refractivity contribution in [2.45, 2.75) is 44.4 Å². The van der Waals surface area contributed by atoms with Crippen LogP contribution in [-0.4, -0.2) is 23.5 Å². The highest BCUT2D eigenvalue weighted by atomic mass is 16.4. The Morgan fingerprint density at radius 1 is 1.29 bits per heavy atom. The lowest BCUT2D eigenvalue weighted by atomic mass is 9.81. The van der Waals surface area contributed by atoms with Gasteiger partial charge in [0.2, 0.25) is 5.91 Å². The molecule has 2 aliphatic rings. The molecule has 1 atom stereocenters. The number of aliphatic carboxylic acids is 1. The number of carboxylic acids is 1. The monoisotopic (exact) mass is 287 g/mol. The number of carboxylic acid groups (broad SMARTS) is 1. The average Bonchev–Trinajstić information content (AvgIpc) is 3.27. The number of rotatable bonds is 5. The summed E-state index contributed by atoms with van der Waals surface area (Å²) >= 11 is 0. The van der Waals surface area contributed by atoms with Gasteiger partial charge in [0.05, 0.1) is 5.41 Å². The summed E-state index contributed by atoms with van der Waals surface area (Å²) in [6.07, 6.45) is 5.06. The van der Waals surface area contributed by atoms with Gasteiger partial charge in [0, 0.05) is 13.0 Å².